The lowest BCUT2D eigenvalue weighted by Gasteiger charge is -2.31. The Labute approximate surface area is 204 Å². The van der Waals surface area contributed by atoms with Crippen molar-refractivity contribution in [2.24, 2.45) is 0 Å². The fraction of sp³-hybridized carbons (Fsp3) is 0.417. The van der Waals surface area contributed by atoms with Gasteiger partial charge in [0.05, 0.1) is 11.9 Å². The number of rotatable bonds is 10. The molecule has 1 atom stereocenters. The van der Waals surface area contributed by atoms with Crippen molar-refractivity contribution in [3.8, 4) is 11.5 Å². The highest BCUT2D eigenvalue weighted by atomic mass is 32.2. The maximum Gasteiger partial charge on any atom is 0.244 e. The van der Waals surface area contributed by atoms with Crippen molar-refractivity contribution in [1.82, 2.24) is 10.2 Å². The van der Waals surface area contributed by atoms with Gasteiger partial charge in [0.2, 0.25) is 21.8 Å². The molecule has 0 fully saturated rings. The van der Waals surface area contributed by atoms with E-state index in [4.69, 9.17) is 9.47 Å². The number of carbonyl (C=O) groups is 2. The highest BCUT2D eigenvalue weighted by Crippen LogP contribution is 2.34. The summed E-state index contributed by atoms with van der Waals surface area (Å²) in [6, 6.07) is 9.54. The topological polar surface area (TPSA) is 105 Å². The molecule has 1 aliphatic rings. The van der Waals surface area contributed by atoms with Gasteiger partial charge < -0.3 is 19.7 Å². The Morgan fingerprint density at radius 1 is 1.11 bits per heavy atom. The first-order valence-electron chi connectivity index (χ1n) is 11.3. The molecule has 1 heterocycles. The second-order valence-corrected chi connectivity index (χ2v) is 10.1. The molecule has 0 spiro atoms. The highest BCUT2D eigenvalue weighted by molar-refractivity contribution is 7.92. The van der Waals surface area contributed by atoms with Gasteiger partial charge in [0.25, 0.3) is 0 Å². The second kappa shape index (κ2) is 11.4. The largest absolute Gasteiger partial charge is 0.486 e. The molecule has 3 rings (SSSR count). The molecule has 0 saturated heterocycles. The Hall–Kier alpha value is -3.34. The number of nitrogens with one attached hydrogen (secondary N) is 1. The van der Waals surface area contributed by atoms with Crippen molar-refractivity contribution in [2.75, 3.05) is 36.9 Å². The van der Waals surface area contributed by atoms with Gasteiger partial charge in [-0.1, -0.05) is 25.1 Å². The zero-order valence-corrected chi connectivity index (χ0v) is 20.8. The molecule has 0 saturated carbocycles. The van der Waals surface area contributed by atoms with Crippen LogP contribution in [0.25, 0.3) is 0 Å². The predicted octanol–water partition coefficient (Wildman–Crippen LogP) is 2.31. The van der Waals surface area contributed by atoms with Crippen LogP contribution in [0.15, 0.2) is 42.5 Å². The van der Waals surface area contributed by atoms with Gasteiger partial charge in [0.15, 0.2) is 11.5 Å². The maximum atomic E-state index is 14.4. The van der Waals surface area contributed by atoms with Gasteiger partial charge in [-0.25, -0.2) is 12.8 Å². The zero-order valence-electron chi connectivity index (χ0n) is 20.0. The molecule has 2 aromatic rings. The average Bonchev–Trinajstić information content (AvgIpc) is 2.83. The normalized spacial score (nSPS) is 13.6. The van der Waals surface area contributed by atoms with Gasteiger partial charge in [-0.2, -0.15) is 0 Å². The molecule has 190 valence electrons. The minimum absolute atomic E-state index is 0.203. The molecule has 2 amide bonds. The van der Waals surface area contributed by atoms with Crippen molar-refractivity contribution >= 4 is 27.5 Å². The molecule has 9 nitrogen and oxygen atoms in total. The quantitative estimate of drug-likeness (QED) is 0.529. The van der Waals surface area contributed by atoms with Gasteiger partial charge in [-0.15, -0.1) is 0 Å². The summed E-state index contributed by atoms with van der Waals surface area (Å²) < 4.78 is 51.7. The van der Waals surface area contributed by atoms with Gasteiger partial charge in [0.1, 0.15) is 31.6 Å². The van der Waals surface area contributed by atoms with Crippen LogP contribution in [0.2, 0.25) is 0 Å². The molecule has 0 radical (unpaired) electrons. The Bertz CT molecular complexity index is 1170. The molecule has 0 bridgehead atoms. The molecular weight excluding hydrogens is 477 g/mol. The van der Waals surface area contributed by atoms with E-state index in [1.165, 1.54) is 42.2 Å². The summed E-state index contributed by atoms with van der Waals surface area (Å²) in [5.41, 5.74) is 0.417. The van der Waals surface area contributed by atoms with E-state index in [1.54, 1.807) is 12.1 Å². The van der Waals surface area contributed by atoms with Crippen molar-refractivity contribution < 1.29 is 31.9 Å². The van der Waals surface area contributed by atoms with Crippen LogP contribution in [0.4, 0.5) is 10.1 Å². The van der Waals surface area contributed by atoms with Crippen LogP contribution >= 0.6 is 0 Å². The Balaban J connectivity index is 1.91. The molecule has 1 N–H and O–H groups in total. The number of hydrogen-bond donors (Lipinski definition) is 1. The monoisotopic (exact) mass is 507 g/mol. The summed E-state index contributed by atoms with van der Waals surface area (Å²) in [5, 5.41) is 2.73. The molecule has 0 aliphatic carbocycles. The van der Waals surface area contributed by atoms with E-state index in [0.29, 0.717) is 37.7 Å². The number of amides is 2. The smallest absolute Gasteiger partial charge is 0.244 e. The number of nitrogens with zero attached hydrogens (tertiary/aromatic N) is 2. The van der Waals surface area contributed by atoms with Crippen LogP contribution < -0.4 is 19.1 Å². The lowest BCUT2D eigenvalue weighted by atomic mass is 10.1. The lowest BCUT2D eigenvalue weighted by Crippen LogP contribution is -2.51. The third-order valence-corrected chi connectivity index (χ3v) is 6.65. The Morgan fingerprint density at radius 3 is 2.46 bits per heavy atom. The standard InChI is InChI=1S/C24H30FN3O6S/c1-4-11-26-24(30)17(2)27(15-18-7-5-6-8-20(18)25)23(29)16-28(35(3,31)32)19-9-10-21-22(14-19)34-13-12-33-21/h5-10,14,17H,4,11-13,15-16H2,1-3H3,(H,26,30). The molecule has 1 aliphatic heterocycles. The first kappa shape index (κ1) is 26.3. The summed E-state index contributed by atoms with van der Waals surface area (Å²) >= 11 is 0. The Kier molecular flexibility index (Phi) is 8.55. The number of ether oxygens (including phenoxy) is 2. The van der Waals surface area contributed by atoms with E-state index in [-0.39, 0.29) is 17.8 Å². The van der Waals surface area contributed by atoms with E-state index in [0.717, 1.165) is 10.6 Å². The predicted molar refractivity (Wildman–Crippen MR) is 129 cm³/mol. The molecule has 1 unspecified atom stereocenters. The fourth-order valence-electron chi connectivity index (χ4n) is 3.59. The Morgan fingerprint density at radius 2 is 1.80 bits per heavy atom. The van der Waals surface area contributed by atoms with Crippen LogP contribution in [-0.2, 0) is 26.2 Å². The van der Waals surface area contributed by atoms with E-state index in [1.807, 2.05) is 6.92 Å². The third-order valence-electron chi connectivity index (χ3n) is 5.51. The van der Waals surface area contributed by atoms with Gasteiger partial charge in [-0.3, -0.25) is 13.9 Å². The summed E-state index contributed by atoms with van der Waals surface area (Å²) in [7, 11) is -3.90. The average molecular weight is 508 g/mol. The van der Waals surface area contributed by atoms with E-state index < -0.39 is 40.2 Å². The molecule has 2 aromatic carbocycles. The van der Waals surface area contributed by atoms with Crippen molar-refractivity contribution in [3.05, 3.63) is 53.8 Å². The fourth-order valence-corrected chi connectivity index (χ4v) is 4.43. The number of benzene rings is 2. The molecule has 11 heteroatoms. The van der Waals surface area contributed by atoms with Crippen molar-refractivity contribution in [2.45, 2.75) is 32.9 Å². The first-order valence-corrected chi connectivity index (χ1v) is 13.1. The van der Waals surface area contributed by atoms with Crippen LogP contribution in [-0.4, -0.2) is 63.7 Å². The van der Waals surface area contributed by atoms with Crippen LogP contribution in [0.3, 0.4) is 0 Å². The summed E-state index contributed by atoms with van der Waals surface area (Å²) in [4.78, 5) is 27.3. The first-order chi connectivity index (χ1) is 16.6. The minimum Gasteiger partial charge on any atom is -0.486 e. The summed E-state index contributed by atoms with van der Waals surface area (Å²) in [5.74, 6) is -0.764. The maximum absolute atomic E-state index is 14.4. The van der Waals surface area contributed by atoms with E-state index in [9.17, 15) is 22.4 Å². The third kappa shape index (κ3) is 6.62. The minimum atomic E-state index is -3.90. The number of carbonyl (C=O) groups excluding carboxylic acids is 2. The van der Waals surface area contributed by atoms with Crippen LogP contribution in [0, 0.1) is 5.82 Å². The van der Waals surface area contributed by atoms with E-state index >= 15 is 0 Å². The number of hydrogen-bond acceptors (Lipinski definition) is 6. The zero-order chi connectivity index (χ0) is 25.6. The van der Waals surface area contributed by atoms with Crippen LogP contribution in [0.5, 0.6) is 11.5 Å². The number of halogens is 1. The highest BCUT2D eigenvalue weighted by Gasteiger charge is 2.31. The lowest BCUT2D eigenvalue weighted by molar-refractivity contribution is -0.139. The van der Waals surface area contributed by atoms with Gasteiger partial charge in [-0.05, 0) is 31.5 Å². The van der Waals surface area contributed by atoms with Gasteiger partial charge >= 0.3 is 0 Å². The molecular formula is C24H30FN3O6S. The number of sulfonamides is 1. The van der Waals surface area contributed by atoms with E-state index in [2.05, 4.69) is 5.32 Å². The van der Waals surface area contributed by atoms with Gasteiger partial charge in [0, 0.05) is 24.7 Å². The summed E-state index contributed by atoms with van der Waals surface area (Å²) in [6.07, 6.45) is 1.68. The number of fused-ring (bicyclic) bond motifs is 1. The summed E-state index contributed by atoms with van der Waals surface area (Å²) in [6.45, 7) is 3.74. The number of anilines is 1. The SMILES string of the molecule is CCCNC(=O)C(C)N(Cc1ccccc1F)C(=O)CN(c1ccc2c(c1)OCCO2)S(C)(=O)=O. The van der Waals surface area contributed by atoms with Crippen molar-refractivity contribution in [3.63, 3.8) is 0 Å². The van der Waals surface area contributed by atoms with Crippen LogP contribution in [0.1, 0.15) is 25.8 Å². The molecule has 35 heavy (non-hydrogen) atoms. The van der Waals surface area contributed by atoms with Crippen molar-refractivity contribution in [1.29, 1.82) is 0 Å². The second-order valence-electron chi connectivity index (χ2n) is 8.18. The molecule has 0 aromatic heterocycles.